The van der Waals surface area contributed by atoms with E-state index in [1.54, 1.807) is 0 Å². The van der Waals surface area contributed by atoms with Crippen molar-refractivity contribution in [2.45, 2.75) is 61.1 Å². The molecule has 0 aliphatic rings. The minimum Gasteiger partial charge on any atom is -0.469 e. The van der Waals surface area contributed by atoms with Crippen molar-refractivity contribution in [2.24, 2.45) is 0 Å². The maximum Gasteiger partial charge on any atom is 0.459 e. The van der Waals surface area contributed by atoms with Crippen molar-refractivity contribution >= 4 is 38.9 Å². The van der Waals surface area contributed by atoms with Gasteiger partial charge in [-0.25, -0.2) is 13.1 Å². The van der Waals surface area contributed by atoms with Crippen LogP contribution in [0.5, 0.6) is 0 Å². The van der Waals surface area contributed by atoms with E-state index in [0.717, 1.165) is 23.5 Å². The molecule has 0 saturated heterocycles. The Morgan fingerprint density at radius 2 is 1.67 bits per heavy atom. The van der Waals surface area contributed by atoms with Gasteiger partial charge in [-0.3, -0.25) is 4.79 Å². The van der Waals surface area contributed by atoms with Gasteiger partial charge >= 0.3 is 24.0 Å². The molecular weight excluding hydrogens is 563 g/mol. The van der Waals surface area contributed by atoms with Crippen molar-refractivity contribution in [1.82, 2.24) is 4.72 Å². The molecule has 0 amide bonds. The van der Waals surface area contributed by atoms with Crippen LogP contribution in [0.3, 0.4) is 0 Å². The fraction of sp³-hybridized carbons (Fsp3) is 0.476. The molecule has 0 aliphatic carbocycles. The highest BCUT2D eigenvalue weighted by Crippen LogP contribution is 2.49. The zero-order valence-electron chi connectivity index (χ0n) is 18.6. The lowest BCUT2D eigenvalue weighted by atomic mass is 10.0. The molecule has 1 unspecified atom stereocenters. The summed E-state index contributed by atoms with van der Waals surface area (Å²) in [6, 6.07) is 6.04. The van der Waals surface area contributed by atoms with Crippen molar-refractivity contribution < 1.29 is 48.7 Å². The Bertz CT molecular complexity index is 1140. The zero-order chi connectivity index (χ0) is 27.4. The van der Waals surface area contributed by atoms with Gasteiger partial charge in [-0.05, 0) is 55.7 Å². The van der Waals surface area contributed by atoms with Crippen LogP contribution >= 0.6 is 22.9 Å². The fourth-order valence-corrected chi connectivity index (χ4v) is 5.63. The Morgan fingerprint density at radius 3 is 2.22 bits per heavy atom. The molecule has 0 radical (unpaired) electrons. The first-order valence-corrected chi connectivity index (χ1v) is 12.9. The number of ether oxygens (including phenoxy) is 1. The molecule has 202 valence electrons. The maximum absolute atomic E-state index is 14.0. The van der Waals surface area contributed by atoms with Gasteiger partial charge in [-0.1, -0.05) is 11.6 Å². The lowest BCUT2D eigenvalue weighted by Crippen LogP contribution is -2.52. The number of hydrogen-bond donors (Lipinski definition) is 1. The predicted molar refractivity (Wildman–Crippen MR) is 119 cm³/mol. The van der Waals surface area contributed by atoms with Gasteiger partial charge in [0.05, 0.1) is 18.0 Å². The Hall–Kier alpha value is -1.90. The number of carbonyl (C=O) groups excluding carboxylic acids is 1. The number of methoxy groups -OCH3 is 1. The van der Waals surface area contributed by atoms with Gasteiger partial charge in [0.2, 0.25) is 10.0 Å². The smallest absolute Gasteiger partial charge is 0.459 e. The van der Waals surface area contributed by atoms with E-state index in [-0.39, 0.29) is 21.2 Å². The highest BCUT2D eigenvalue weighted by Gasteiger charge is 2.72. The molecule has 1 aromatic heterocycles. The number of benzene rings is 1. The third-order valence-corrected chi connectivity index (χ3v) is 8.04. The predicted octanol–water partition coefficient (Wildman–Crippen LogP) is 6.53. The average molecular weight is 584 g/mol. The zero-order valence-corrected chi connectivity index (χ0v) is 20.9. The van der Waals surface area contributed by atoms with Crippen molar-refractivity contribution in [3.8, 4) is 0 Å². The van der Waals surface area contributed by atoms with Crippen molar-refractivity contribution in [2.75, 3.05) is 7.11 Å². The lowest BCUT2D eigenvalue weighted by Gasteiger charge is -2.29. The first-order valence-electron chi connectivity index (χ1n) is 10.3. The minimum absolute atomic E-state index is 0.0785. The summed E-state index contributed by atoms with van der Waals surface area (Å²) >= 11 is 6.67. The minimum atomic E-state index is -6.50. The summed E-state index contributed by atoms with van der Waals surface area (Å²) in [5, 5.41) is 0.203. The highest BCUT2D eigenvalue weighted by atomic mass is 35.5. The second-order valence-corrected chi connectivity index (χ2v) is 11.0. The number of esters is 1. The number of halogens is 8. The largest absolute Gasteiger partial charge is 0.469 e. The Labute approximate surface area is 211 Å². The highest BCUT2D eigenvalue weighted by molar-refractivity contribution is 7.89. The lowest BCUT2D eigenvalue weighted by molar-refractivity contribution is -0.355. The Morgan fingerprint density at radius 1 is 1.06 bits per heavy atom. The molecule has 1 N–H and O–H groups in total. The Balaban J connectivity index is 2.30. The van der Waals surface area contributed by atoms with Gasteiger partial charge in [0.15, 0.2) is 0 Å². The number of carbonyl (C=O) groups is 1. The van der Waals surface area contributed by atoms with Gasteiger partial charge in [-0.15, -0.1) is 11.3 Å². The summed E-state index contributed by atoms with van der Waals surface area (Å²) in [6.07, 6.45) is -8.75. The summed E-state index contributed by atoms with van der Waals surface area (Å²) in [7, 11) is -3.19. The second kappa shape index (κ2) is 11.7. The standard InChI is InChI=1S/C21H21ClF7NO4S2/c1-34-18(31)4-2-3-14-7-10-17(35-14)16(11-12-19(23,24)20(25,26)21(27,28)29)30-36(32,33)15-8-5-13(22)6-9-15/h5-10,16,30H,2-4,11-12H2,1H3. The molecule has 15 heteroatoms. The summed E-state index contributed by atoms with van der Waals surface area (Å²) in [5.41, 5.74) is 0. The van der Waals surface area contributed by atoms with E-state index in [9.17, 15) is 43.9 Å². The maximum atomic E-state index is 14.0. The van der Waals surface area contributed by atoms with E-state index in [1.807, 2.05) is 0 Å². The van der Waals surface area contributed by atoms with E-state index < -0.39 is 52.9 Å². The summed E-state index contributed by atoms with van der Waals surface area (Å²) in [6.45, 7) is 0. The van der Waals surface area contributed by atoms with Crippen LogP contribution in [0.25, 0.3) is 0 Å². The van der Waals surface area contributed by atoms with E-state index in [2.05, 4.69) is 9.46 Å². The molecule has 0 spiro atoms. The number of alkyl halides is 7. The average Bonchev–Trinajstić information content (AvgIpc) is 3.24. The molecule has 5 nitrogen and oxygen atoms in total. The molecular formula is C21H21ClF7NO4S2. The number of nitrogens with one attached hydrogen (secondary N) is 1. The molecule has 2 aromatic rings. The van der Waals surface area contributed by atoms with Crippen LogP contribution in [0.4, 0.5) is 30.7 Å². The number of hydrogen-bond acceptors (Lipinski definition) is 5. The van der Waals surface area contributed by atoms with Gasteiger partial charge < -0.3 is 4.74 Å². The second-order valence-electron chi connectivity index (χ2n) is 7.68. The van der Waals surface area contributed by atoms with Crippen molar-refractivity contribution in [3.05, 3.63) is 51.2 Å². The van der Waals surface area contributed by atoms with Crippen LogP contribution in [0.1, 0.15) is 41.5 Å². The van der Waals surface area contributed by atoms with Gasteiger partial charge in [0.1, 0.15) is 0 Å². The van der Waals surface area contributed by atoms with Crippen LogP contribution in [0.2, 0.25) is 5.02 Å². The van der Waals surface area contributed by atoms with Crippen LogP contribution in [-0.4, -0.2) is 39.5 Å². The first-order chi connectivity index (χ1) is 16.5. The van der Waals surface area contributed by atoms with E-state index >= 15 is 0 Å². The van der Waals surface area contributed by atoms with Crippen molar-refractivity contribution in [1.29, 1.82) is 0 Å². The molecule has 1 atom stereocenters. The van der Waals surface area contributed by atoms with Gasteiger partial charge in [-0.2, -0.15) is 30.7 Å². The molecule has 36 heavy (non-hydrogen) atoms. The van der Waals surface area contributed by atoms with Crippen LogP contribution < -0.4 is 4.72 Å². The molecule has 0 saturated carbocycles. The number of thiophene rings is 1. The molecule has 1 aromatic carbocycles. The van der Waals surface area contributed by atoms with E-state index in [1.165, 1.54) is 31.4 Å². The normalized spacial score (nSPS) is 14.0. The van der Waals surface area contributed by atoms with Gasteiger partial charge in [0.25, 0.3) is 0 Å². The van der Waals surface area contributed by atoms with Crippen LogP contribution in [0, 0.1) is 0 Å². The number of rotatable bonds is 12. The summed E-state index contributed by atoms with van der Waals surface area (Å²) in [4.78, 5) is 11.6. The third kappa shape index (κ3) is 7.56. The quantitative estimate of drug-likeness (QED) is 0.228. The Kier molecular flexibility index (Phi) is 9.82. The molecule has 2 rings (SSSR count). The third-order valence-electron chi connectivity index (χ3n) is 5.04. The number of aryl methyl sites for hydroxylation is 1. The summed E-state index contributed by atoms with van der Waals surface area (Å²) in [5.74, 6) is -12.3. The monoisotopic (exact) mass is 583 g/mol. The SMILES string of the molecule is COC(=O)CCCc1ccc(C(CCC(F)(F)C(F)(F)C(F)(F)F)NS(=O)(=O)c2ccc(Cl)cc2)s1. The van der Waals surface area contributed by atoms with E-state index in [4.69, 9.17) is 11.6 Å². The fourth-order valence-electron chi connectivity index (χ4n) is 3.04. The first kappa shape index (κ1) is 30.3. The topological polar surface area (TPSA) is 72.5 Å². The molecule has 1 heterocycles. The van der Waals surface area contributed by atoms with E-state index in [0.29, 0.717) is 17.7 Å². The van der Waals surface area contributed by atoms with Gasteiger partial charge in [0, 0.05) is 27.6 Å². The van der Waals surface area contributed by atoms with Crippen LogP contribution in [-0.2, 0) is 26.0 Å². The van der Waals surface area contributed by atoms with Crippen molar-refractivity contribution in [3.63, 3.8) is 0 Å². The molecule has 0 aliphatic heterocycles. The number of sulfonamides is 1. The molecule has 0 bridgehead atoms. The van der Waals surface area contributed by atoms with Crippen LogP contribution in [0.15, 0.2) is 41.3 Å². The molecule has 0 fully saturated rings. The summed E-state index contributed by atoms with van der Waals surface area (Å²) < 4.78 is 124.